The molecule has 5 aliphatic rings. The number of carbonyl (C=O) groups is 2. The van der Waals surface area contributed by atoms with E-state index in [2.05, 4.69) is 12.2 Å². The summed E-state index contributed by atoms with van der Waals surface area (Å²) in [5, 5.41) is 14.0. The second kappa shape index (κ2) is 8.78. The van der Waals surface area contributed by atoms with Gasteiger partial charge >= 0.3 is 0 Å². The highest BCUT2D eigenvalue weighted by atomic mass is 16.3. The second-order valence-electron chi connectivity index (χ2n) is 11.6. The van der Waals surface area contributed by atoms with Crippen molar-refractivity contribution in [3.05, 3.63) is 0 Å². The number of nitrogens with one attached hydrogen (secondary N) is 1. The van der Waals surface area contributed by atoms with Gasteiger partial charge in [0.25, 0.3) is 5.91 Å². The van der Waals surface area contributed by atoms with Gasteiger partial charge in [-0.25, -0.2) is 0 Å². The normalized spacial score (nSPS) is 40.8. The van der Waals surface area contributed by atoms with Crippen molar-refractivity contribution in [1.29, 1.82) is 0 Å². The minimum atomic E-state index is -1.07. The van der Waals surface area contributed by atoms with Crippen LogP contribution in [0.15, 0.2) is 0 Å². The van der Waals surface area contributed by atoms with E-state index in [1.807, 2.05) is 0 Å². The van der Waals surface area contributed by atoms with Crippen LogP contribution in [0.4, 0.5) is 0 Å². The molecule has 0 spiro atoms. The van der Waals surface area contributed by atoms with Gasteiger partial charge in [-0.2, -0.15) is 0 Å². The smallest absolute Gasteiger partial charge is 0.254 e. The minimum absolute atomic E-state index is 0.102. The van der Waals surface area contributed by atoms with E-state index in [1.54, 1.807) is 4.90 Å². The van der Waals surface area contributed by atoms with Crippen molar-refractivity contribution in [3.8, 4) is 0 Å². The minimum Gasteiger partial charge on any atom is -0.380 e. The summed E-state index contributed by atoms with van der Waals surface area (Å²) < 4.78 is 0. The van der Waals surface area contributed by atoms with Crippen LogP contribution in [0.1, 0.15) is 84.0 Å². The molecule has 31 heavy (non-hydrogen) atoms. The molecule has 4 unspecified atom stereocenters. The van der Waals surface area contributed by atoms with E-state index in [1.165, 1.54) is 45.1 Å². The molecule has 0 aromatic carbocycles. The van der Waals surface area contributed by atoms with Gasteiger partial charge in [0.2, 0.25) is 0 Å². The topological polar surface area (TPSA) is 69.6 Å². The molecule has 2 saturated heterocycles. The van der Waals surface area contributed by atoms with Crippen molar-refractivity contribution < 1.29 is 14.7 Å². The molecule has 0 aromatic rings. The lowest BCUT2D eigenvalue weighted by atomic mass is 9.62. The zero-order valence-electron chi connectivity index (χ0n) is 19.4. The maximum absolute atomic E-state index is 13.2. The Morgan fingerprint density at radius 1 is 0.871 bits per heavy atom. The average Bonchev–Trinajstić information content (AvgIpc) is 3.57. The molecule has 2 heterocycles. The molecule has 3 aliphatic carbocycles. The third-order valence-electron chi connectivity index (χ3n) is 9.87. The second-order valence-corrected chi connectivity index (χ2v) is 11.6. The molecule has 4 atom stereocenters. The summed E-state index contributed by atoms with van der Waals surface area (Å²) in [6.07, 6.45) is 12.9. The molecular formula is C26H42N2O3. The highest BCUT2D eigenvalue weighted by Gasteiger charge is 2.51. The van der Waals surface area contributed by atoms with Crippen LogP contribution in [0.3, 0.4) is 0 Å². The zero-order chi connectivity index (χ0) is 21.6. The summed E-state index contributed by atoms with van der Waals surface area (Å²) in [6.45, 7) is 4.98. The number of aliphatic hydroxyl groups is 1. The number of piperidine rings is 2. The van der Waals surface area contributed by atoms with E-state index in [0.717, 1.165) is 55.4 Å². The summed E-state index contributed by atoms with van der Waals surface area (Å²) in [5.41, 5.74) is -1.07. The lowest BCUT2D eigenvalue weighted by Gasteiger charge is -2.48. The first-order valence-corrected chi connectivity index (χ1v) is 13.2. The van der Waals surface area contributed by atoms with Crippen LogP contribution in [-0.2, 0) is 9.59 Å². The van der Waals surface area contributed by atoms with Gasteiger partial charge in [-0.15, -0.1) is 0 Å². The summed E-state index contributed by atoms with van der Waals surface area (Å²) in [5.74, 6) is 4.00. The van der Waals surface area contributed by atoms with Crippen LogP contribution in [-0.4, -0.2) is 53.0 Å². The molecule has 5 fully saturated rings. The van der Waals surface area contributed by atoms with Crippen LogP contribution in [0.2, 0.25) is 0 Å². The first-order chi connectivity index (χ1) is 15.0. The number of likely N-dealkylation sites (tertiary alicyclic amines) is 1. The number of hydrogen-bond donors (Lipinski definition) is 2. The van der Waals surface area contributed by atoms with E-state index >= 15 is 0 Å². The quantitative estimate of drug-likeness (QED) is 0.716. The molecule has 2 N–H and O–H groups in total. The lowest BCUT2D eigenvalue weighted by Crippen LogP contribution is -2.53. The van der Waals surface area contributed by atoms with Crippen molar-refractivity contribution >= 4 is 11.7 Å². The Balaban J connectivity index is 1.09. The van der Waals surface area contributed by atoms with Crippen LogP contribution < -0.4 is 5.32 Å². The van der Waals surface area contributed by atoms with Crippen molar-refractivity contribution in [2.24, 2.45) is 35.5 Å². The van der Waals surface area contributed by atoms with Crippen molar-refractivity contribution in [2.75, 3.05) is 19.6 Å². The maximum atomic E-state index is 13.2. The highest BCUT2D eigenvalue weighted by molar-refractivity contribution is 5.88. The zero-order valence-corrected chi connectivity index (χ0v) is 19.4. The summed E-state index contributed by atoms with van der Waals surface area (Å²) in [4.78, 5) is 27.4. The van der Waals surface area contributed by atoms with Crippen molar-refractivity contribution in [3.63, 3.8) is 0 Å². The standard InChI is InChI=1S/C26H42N2O3/c1-17-21-4-2-3-5-23(21)27-16-22(17)18-6-8-19(9-7-18)24(29)20-10-14-28(15-11-20)25(30)26(31)12-13-26/h17-23,27,31H,2-16H2,1H3. The van der Waals surface area contributed by atoms with E-state index in [9.17, 15) is 14.7 Å². The average molecular weight is 431 g/mol. The van der Waals surface area contributed by atoms with Crippen molar-refractivity contribution in [1.82, 2.24) is 10.2 Å². The molecule has 3 saturated carbocycles. The Bertz CT molecular complexity index is 674. The number of carbonyl (C=O) groups excluding carboxylic acids is 2. The van der Waals surface area contributed by atoms with E-state index in [0.29, 0.717) is 31.7 Å². The number of ketones is 1. The predicted molar refractivity (Wildman–Crippen MR) is 120 cm³/mol. The molecule has 5 rings (SSSR count). The number of nitrogens with zero attached hydrogens (tertiary/aromatic N) is 1. The fraction of sp³-hybridized carbons (Fsp3) is 0.923. The lowest BCUT2D eigenvalue weighted by molar-refractivity contribution is -0.145. The molecular weight excluding hydrogens is 388 g/mol. The highest BCUT2D eigenvalue weighted by Crippen LogP contribution is 2.45. The van der Waals surface area contributed by atoms with Gasteiger partial charge in [-0.05, 0) is 94.4 Å². The van der Waals surface area contributed by atoms with Gasteiger partial charge in [-0.3, -0.25) is 9.59 Å². The molecule has 174 valence electrons. The van der Waals surface area contributed by atoms with Gasteiger partial charge in [0, 0.05) is 31.0 Å². The van der Waals surface area contributed by atoms with Crippen LogP contribution in [0.5, 0.6) is 0 Å². The molecule has 1 amide bonds. The van der Waals surface area contributed by atoms with Gasteiger partial charge in [0.15, 0.2) is 0 Å². The summed E-state index contributed by atoms with van der Waals surface area (Å²) in [7, 11) is 0. The maximum Gasteiger partial charge on any atom is 0.254 e. The molecule has 2 aliphatic heterocycles. The van der Waals surface area contributed by atoms with Gasteiger partial charge in [0.05, 0.1) is 0 Å². The Morgan fingerprint density at radius 3 is 2.19 bits per heavy atom. The fourth-order valence-electron chi connectivity index (χ4n) is 7.59. The van der Waals surface area contributed by atoms with Gasteiger partial charge < -0.3 is 15.3 Å². The number of fused-ring (bicyclic) bond motifs is 1. The summed E-state index contributed by atoms with van der Waals surface area (Å²) >= 11 is 0. The first-order valence-electron chi connectivity index (χ1n) is 13.2. The number of Topliss-reactive ketones (excluding diaryl/α,β-unsaturated/α-hetero) is 1. The largest absolute Gasteiger partial charge is 0.380 e. The number of hydrogen-bond acceptors (Lipinski definition) is 4. The number of rotatable bonds is 4. The monoisotopic (exact) mass is 430 g/mol. The van der Waals surface area contributed by atoms with Crippen molar-refractivity contribution in [2.45, 2.75) is 95.6 Å². The molecule has 0 bridgehead atoms. The molecule has 5 heteroatoms. The van der Waals surface area contributed by atoms with E-state index in [4.69, 9.17) is 0 Å². The SMILES string of the molecule is CC1C(C2CCC(C(=O)C3CCN(C(=O)C4(O)CC4)CC3)CC2)CNC2CCCCC21. The molecule has 0 radical (unpaired) electrons. The third kappa shape index (κ3) is 4.34. The Hall–Kier alpha value is -0.940. The van der Waals surface area contributed by atoms with Crippen LogP contribution in [0, 0.1) is 35.5 Å². The predicted octanol–water partition coefficient (Wildman–Crippen LogP) is 3.54. The van der Waals surface area contributed by atoms with E-state index in [-0.39, 0.29) is 17.7 Å². The van der Waals surface area contributed by atoms with E-state index < -0.39 is 5.60 Å². The van der Waals surface area contributed by atoms with Crippen LogP contribution in [0.25, 0.3) is 0 Å². The van der Waals surface area contributed by atoms with Gasteiger partial charge in [-0.1, -0.05) is 19.8 Å². The fourth-order valence-corrected chi connectivity index (χ4v) is 7.59. The third-order valence-corrected chi connectivity index (χ3v) is 9.87. The Kier molecular flexibility index (Phi) is 6.19. The van der Waals surface area contributed by atoms with Crippen LogP contribution >= 0.6 is 0 Å². The molecule has 0 aromatic heterocycles. The Labute approximate surface area is 187 Å². The summed E-state index contributed by atoms with van der Waals surface area (Å²) in [6, 6.07) is 0.760. The van der Waals surface area contributed by atoms with Gasteiger partial charge in [0.1, 0.15) is 11.4 Å². The molecule has 5 nitrogen and oxygen atoms in total. The number of amides is 1. The Morgan fingerprint density at radius 2 is 1.52 bits per heavy atom. The first kappa shape index (κ1) is 21.9.